The fourth-order valence-corrected chi connectivity index (χ4v) is 5.87. The van der Waals surface area contributed by atoms with Crippen LogP contribution in [-0.2, 0) is 48.2 Å². The van der Waals surface area contributed by atoms with Gasteiger partial charge >= 0.3 is 0 Å². The van der Waals surface area contributed by atoms with Gasteiger partial charge in [-0.05, 0) is 79.8 Å². The van der Waals surface area contributed by atoms with Crippen molar-refractivity contribution in [2.75, 3.05) is 34.5 Å². The van der Waals surface area contributed by atoms with E-state index < -0.39 is 36.3 Å². The minimum atomic E-state index is -0.956. The third kappa shape index (κ3) is 9.90. The Kier molecular flexibility index (Phi) is 12.5. The van der Waals surface area contributed by atoms with E-state index in [4.69, 9.17) is 42.6 Å². The summed E-state index contributed by atoms with van der Waals surface area (Å²) in [4.78, 5) is 0. The molecular weight excluding hydrogens is 604 g/mol. The molecule has 5 rings (SSSR count). The minimum absolute atomic E-state index is 0.0896. The summed E-state index contributed by atoms with van der Waals surface area (Å²) in [5.74, 6) is 1.68. The van der Waals surface area contributed by atoms with Crippen molar-refractivity contribution in [3.05, 3.63) is 89.5 Å². The SMILES string of the molecule is COc1ccc(COC[C@H]2O[C@@H](CC[C@H]3COC(C)(C)O3)[C@H](O)[C@@H](OCc3ccc(OC)cc3)[C@@H]2OCc2ccc(OC)cc2)cc1. The normalized spacial score (nSPS) is 25.4. The summed E-state index contributed by atoms with van der Waals surface area (Å²) in [6.45, 7) is 5.48. The van der Waals surface area contributed by atoms with Crippen LogP contribution in [0.2, 0.25) is 0 Å². The number of methoxy groups -OCH3 is 3. The molecule has 2 heterocycles. The average molecular weight is 653 g/mol. The maximum absolute atomic E-state index is 11.8. The predicted molar refractivity (Wildman–Crippen MR) is 175 cm³/mol. The molecule has 0 radical (unpaired) electrons. The molecule has 0 saturated carbocycles. The van der Waals surface area contributed by atoms with Crippen LogP contribution in [0.1, 0.15) is 43.4 Å². The summed E-state index contributed by atoms with van der Waals surface area (Å²) in [5.41, 5.74) is 2.90. The molecule has 2 aliphatic heterocycles. The van der Waals surface area contributed by atoms with Crippen LogP contribution in [0.25, 0.3) is 0 Å². The smallest absolute Gasteiger partial charge is 0.163 e. The van der Waals surface area contributed by atoms with Crippen molar-refractivity contribution in [3.8, 4) is 17.2 Å². The Morgan fingerprint density at radius 1 is 0.660 bits per heavy atom. The third-order valence-electron chi connectivity index (χ3n) is 8.51. The van der Waals surface area contributed by atoms with Crippen molar-refractivity contribution < 1.29 is 47.7 Å². The summed E-state index contributed by atoms with van der Waals surface area (Å²) in [5, 5.41) is 11.8. The zero-order valence-corrected chi connectivity index (χ0v) is 28.0. The van der Waals surface area contributed by atoms with Crippen LogP contribution in [0.4, 0.5) is 0 Å². The van der Waals surface area contributed by atoms with Gasteiger partial charge < -0.3 is 47.7 Å². The molecule has 2 fully saturated rings. The monoisotopic (exact) mass is 652 g/mol. The van der Waals surface area contributed by atoms with Crippen molar-refractivity contribution in [1.82, 2.24) is 0 Å². The molecule has 0 amide bonds. The molecule has 0 unspecified atom stereocenters. The maximum atomic E-state index is 11.8. The molecule has 6 atom stereocenters. The molecule has 3 aromatic rings. The highest BCUT2D eigenvalue weighted by Gasteiger charge is 2.47. The van der Waals surface area contributed by atoms with E-state index in [-0.39, 0.29) is 25.9 Å². The van der Waals surface area contributed by atoms with Crippen LogP contribution in [0.5, 0.6) is 17.2 Å². The van der Waals surface area contributed by atoms with Crippen LogP contribution < -0.4 is 14.2 Å². The largest absolute Gasteiger partial charge is 0.497 e. The Balaban J connectivity index is 1.34. The first kappa shape index (κ1) is 35.1. The quantitative estimate of drug-likeness (QED) is 0.215. The number of hydrogen-bond acceptors (Lipinski definition) is 10. The lowest BCUT2D eigenvalue weighted by Gasteiger charge is -2.45. The van der Waals surface area contributed by atoms with Crippen LogP contribution in [-0.4, -0.2) is 82.1 Å². The van der Waals surface area contributed by atoms with Gasteiger partial charge in [-0.1, -0.05) is 36.4 Å². The number of aliphatic hydroxyl groups excluding tert-OH is 1. The van der Waals surface area contributed by atoms with Gasteiger partial charge in [-0.2, -0.15) is 0 Å². The molecule has 0 spiro atoms. The summed E-state index contributed by atoms with van der Waals surface area (Å²) < 4.78 is 53.6. The molecule has 0 aromatic heterocycles. The van der Waals surface area contributed by atoms with E-state index in [9.17, 15) is 5.11 Å². The Labute approximate surface area is 277 Å². The lowest BCUT2D eigenvalue weighted by molar-refractivity contribution is -0.262. The van der Waals surface area contributed by atoms with Gasteiger partial charge in [0.15, 0.2) is 5.79 Å². The van der Waals surface area contributed by atoms with Crippen LogP contribution in [0, 0.1) is 0 Å². The lowest BCUT2D eigenvalue weighted by Crippen LogP contribution is -2.60. The summed E-state index contributed by atoms with van der Waals surface area (Å²) in [7, 11) is 4.91. The fourth-order valence-electron chi connectivity index (χ4n) is 5.87. The predicted octanol–water partition coefficient (Wildman–Crippen LogP) is 5.46. The molecule has 0 aliphatic carbocycles. The summed E-state index contributed by atoms with van der Waals surface area (Å²) in [6.07, 6.45) is -2.20. The first-order valence-electron chi connectivity index (χ1n) is 16.1. The maximum Gasteiger partial charge on any atom is 0.163 e. The number of rotatable bonds is 16. The van der Waals surface area contributed by atoms with Gasteiger partial charge in [0.25, 0.3) is 0 Å². The zero-order chi connectivity index (χ0) is 33.2. The average Bonchev–Trinajstić information content (AvgIpc) is 3.45. The number of ether oxygens (including phenoxy) is 9. The van der Waals surface area contributed by atoms with Gasteiger partial charge in [-0.3, -0.25) is 0 Å². The van der Waals surface area contributed by atoms with Crippen LogP contribution in [0.15, 0.2) is 72.8 Å². The van der Waals surface area contributed by atoms with Gasteiger partial charge in [-0.25, -0.2) is 0 Å². The van der Waals surface area contributed by atoms with Gasteiger partial charge in [0, 0.05) is 0 Å². The van der Waals surface area contributed by atoms with Gasteiger partial charge in [0.05, 0.1) is 66.6 Å². The second-order valence-electron chi connectivity index (χ2n) is 12.3. The van der Waals surface area contributed by atoms with Gasteiger partial charge in [0.1, 0.15) is 41.7 Å². The molecule has 0 bridgehead atoms. The molecule has 3 aromatic carbocycles. The number of hydrogen-bond donors (Lipinski definition) is 1. The van der Waals surface area contributed by atoms with Crippen molar-refractivity contribution >= 4 is 0 Å². The summed E-state index contributed by atoms with van der Waals surface area (Å²) >= 11 is 0. The molecular formula is C37H48O10. The molecule has 2 saturated heterocycles. The lowest BCUT2D eigenvalue weighted by atomic mass is 9.91. The Hall–Kier alpha value is -3.22. The van der Waals surface area contributed by atoms with E-state index in [0.717, 1.165) is 33.9 Å². The number of aliphatic hydroxyl groups is 1. The first-order valence-corrected chi connectivity index (χ1v) is 16.1. The van der Waals surface area contributed by atoms with Crippen molar-refractivity contribution in [2.24, 2.45) is 0 Å². The van der Waals surface area contributed by atoms with Crippen molar-refractivity contribution in [1.29, 1.82) is 0 Å². The highest BCUT2D eigenvalue weighted by atomic mass is 16.7. The molecule has 2 aliphatic rings. The molecule has 10 nitrogen and oxygen atoms in total. The Bertz CT molecular complexity index is 1350. The highest BCUT2D eigenvalue weighted by Crippen LogP contribution is 2.33. The van der Waals surface area contributed by atoms with Crippen molar-refractivity contribution in [3.63, 3.8) is 0 Å². The van der Waals surface area contributed by atoms with E-state index in [0.29, 0.717) is 26.1 Å². The Morgan fingerprint density at radius 3 is 1.62 bits per heavy atom. The second kappa shape index (κ2) is 16.7. The molecule has 10 heteroatoms. The zero-order valence-electron chi connectivity index (χ0n) is 28.0. The number of benzene rings is 3. The van der Waals surface area contributed by atoms with Crippen LogP contribution in [0.3, 0.4) is 0 Å². The topological polar surface area (TPSA) is 103 Å². The van der Waals surface area contributed by atoms with E-state index in [1.807, 2.05) is 86.6 Å². The van der Waals surface area contributed by atoms with Crippen LogP contribution >= 0.6 is 0 Å². The first-order chi connectivity index (χ1) is 22.8. The van der Waals surface area contributed by atoms with Crippen molar-refractivity contribution in [2.45, 2.75) is 88.9 Å². The fraction of sp³-hybridized carbons (Fsp3) is 0.514. The molecule has 256 valence electrons. The van der Waals surface area contributed by atoms with Gasteiger partial charge in [0.2, 0.25) is 0 Å². The van der Waals surface area contributed by atoms with E-state index >= 15 is 0 Å². The standard InChI is InChI=1S/C37H48O10/c1-37(2)45-23-31(47-37)18-19-32-34(38)36(44-22-27-10-16-30(41-5)17-11-27)35(43-21-26-8-14-29(40-4)15-9-26)33(46-32)24-42-20-25-6-12-28(39-3)13-7-25/h6-17,31-36,38H,18-24H2,1-5H3/t31-,32-,33+,34-,35+,36+/m0/s1. The summed E-state index contributed by atoms with van der Waals surface area (Å²) in [6, 6.07) is 23.1. The molecule has 47 heavy (non-hydrogen) atoms. The minimum Gasteiger partial charge on any atom is -0.497 e. The highest BCUT2D eigenvalue weighted by molar-refractivity contribution is 5.28. The van der Waals surface area contributed by atoms with E-state index in [1.165, 1.54) is 0 Å². The molecule has 1 N–H and O–H groups in total. The van der Waals surface area contributed by atoms with E-state index in [2.05, 4.69) is 0 Å². The third-order valence-corrected chi connectivity index (χ3v) is 8.51. The van der Waals surface area contributed by atoms with Gasteiger partial charge in [-0.15, -0.1) is 0 Å². The Morgan fingerprint density at radius 2 is 1.15 bits per heavy atom. The second-order valence-corrected chi connectivity index (χ2v) is 12.3. The van der Waals surface area contributed by atoms with E-state index in [1.54, 1.807) is 21.3 Å².